The molecule has 0 bridgehead atoms. The number of aliphatic hydroxyl groups is 1. The first-order valence-corrected chi connectivity index (χ1v) is 5.47. The summed E-state index contributed by atoms with van der Waals surface area (Å²) in [6.07, 6.45) is 4.61. The zero-order chi connectivity index (χ0) is 13.3. The second-order valence-electron chi connectivity index (χ2n) is 4.25. The number of fused-ring (bicyclic) bond motifs is 1. The third-order valence-corrected chi connectivity index (χ3v) is 3.13. The van der Waals surface area contributed by atoms with Crippen molar-refractivity contribution in [3.05, 3.63) is 39.4 Å². The molecule has 5 heteroatoms. The monoisotopic (exact) mass is 245 g/mol. The first-order chi connectivity index (χ1) is 8.54. The van der Waals surface area contributed by atoms with Gasteiger partial charge in [-0.1, -0.05) is 0 Å². The van der Waals surface area contributed by atoms with Crippen LogP contribution in [-0.2, 0) is 6.42 Å². The highest BCUT2D eigenvalue weighted by atomic mass is 16.6. The van der Waals surface area contributed by atoms with Gasteiger partial charge in [-0.15, -0.1) is 12.3 Å². The molecule has 0 saturated heterocycles. The van der Waals surface area contributed by atoms with Crippen LogP contribution >= 0.6 is 0 Å². The van der Waals surface area contributed by atoms with Crippen molar-refractivity contribution >= 4 is 11.5 Å². The Bertz CT molecular complexity index is 559. The summed E-state index contributed by atoms with van der Waals surface area (Å²) in [5.74, 6) is 1.53. The van der Waals surface area contributed by atoms with Crippen LogP contribution < -0.4 is 0 Å². The summed E-state index contributed by atoms with van der Waals surface area (Å²) in [7, 11) is 0. The van der Waals surface area contributed by atoms with E-state index in [4.69, 9.17) is 6.42 Å². The van der Waals surface area contributed by atoms with Crippen LogP contribution in [0.4, 0.5) is 5.69 Å². The van der Waals surface area contributed by atoms with Gasteiger partial charge in [-0.25, -0.2) is 0 Å². The summed E-state index contributed by atoms with van der Waals surface area (Å²) in [5.41, 5.74) is 1.01. The lowest BCUT2D eigenvalue weighted by Gasteiger charge is -2.13. The summed E-state index contributed by atoms with van der Waals surface area (Å²) < 4.78 is 0. The Morgan fingerprint density at radius 1 is 1.61 bits per heavy atom. The Labute approximate surface area is 104 Å². The molecule has 1 aromatic rings. The fraction of sp³-hybridized carbons (Fsp3) is 0.308. The lowest BCUT2D eigenvalue weighted by molar-refractivity contribution is -0.384. The van der Waals surface area contributed by atoms with Crippen LogP contribution in [-0.4, -0.2) is 21.9 Å². The lowest BCUT2D eigenvalue weighted by Crippen LogP contribution is -2.25. The van der Waals surface area contributed by atoms with E-state index in [9.17, 15) is 20.0 Å². The number of nitro groups is 1. The number of non-ortho nitro benzene ring substituents is 1. The number of rotatable bonds is 3. The van der Waals surface area contributed by atoms with Gasteiger partial charge in [0.1, 0.15) is 0 Å². The van der Waals surface area contributed by atoms with E-state index >= 15 is 0 Å². The van der Waals surface area contributed by atoms with Crippen LogP contribution in [0, 0.1) is 28.4 Å². The number of ketones is 1. The number of nitro benzene ring substituents is 1. The number of hydrogen-bond donors (Lipinski definition) is 1. The smallest absolute Gasteiger partial charge is 0.269 e. The number of benzene rings is 1. The number of Topliss-reactive ketones (excluding diaryl/α,β-unsaturated/α-hetero) is 1. The fourth-order valence-corrected chi connectivity index (χ4v) is 2.21. The standard InChI is InChI=1S/C13H11NO4/c1-2-3-12(15)11-7-8-6-9(14(17)18)4-5-10(8)13(11)16/h1,4-6,11-12,15H,3,7H2. The number of carbonyl (C=O) groups excluding carboxylic acids is 1. The molecule has 1 N–H and O–H groups in total. The van der Waals surface area contributed by atoms with Crippen LogP contribution in [0.25, 0.3) is 0 Å². The van der Waals surface area contributed by atoms with E-state index in [2.05, 4.69) is 5.92 Å². The summed E-state index contributed by atoms with van der Waals surface area (Å²) in [6, 6.07) is 4.13. The van der Waals surface area contributed by atoms with E-state index in [-0.39, 0.29) is 17.9 Å². The van der Waals surface area contributed by atoms with Gasteiger partial charge in [0.05, 0.1) is 16.9 Å². The van der Waals surface area contributed by atoms with Crippen molar-refractivity contribution in [2.75, 3.05) is 0 Å². The molecular weight excluding hydrogens is 234 g/mol. The van der Waals surface area contributed by atoms with Crippen LogP contribution in [0.2, 0.25) is 0 Å². The zero-order valence-electron chi connectivity index (χ0n) is 9.50. The Morgan fingerprint density at radius 3 is 2.94 bits per heavy atom. The van der Waals surface area contributed by atoms with Crippen molar-refractivity contribution in [2.24, 2.45) is 5.92 Å². The summed E-state index contributed by atoms with van der Waals surface area (Å²) in [4.78, 5) is 22.1. The highest BCUT2D eigenvalue weighted by molar-refractivity contribution is 6.02. The Morgan fingerprint density at radius 2 is 2.33 bits per heavy atom. The molecule has 1 aliphatic carbocycles. The topological polar surface area (TPSA) is 80.4 Å². The number of hydrogen-bond acceptors (Lipinski definition) is 4. The van der Waals surface area contributed by atoms with Crippen molar-refractivity contribution in [2.45, 2.75) is 18.9 Å². The fourth-order valence-electron chi connectivity index (χ4n) is 2.21. The normalized spacial score (nSPS) is 19.1. The van der Waals surface area contributed by atoms with Gasteiger partial charge in [0.15, 0.2) is 5.78 Å². The molecule has 92 valence electrons. The molecule has 1 aliphatic rings. The maximum Gasteiger partial charge on any atom is 0.269 e. The molecule has 0 amide bonds. The molecule has 0 radical (unpaired) electrons. The van der Waals surface area contributed by atoms with Gasteiger partial charge < -0.3 is 5.11 Å². The third-order valence-electron chi connectivity index (χ3n) is 3.13. The molecule has 0 spiro atoms. The Hall–Kier alpha value is -2.19. The van der Waals surface area contributed by atoms with Crippen molar-refractivity contribution in [1.82, 2.24) is 0 Å². The second-order valence-corrected chi connectivity index (χ2v) is 4.25. The minimum atomic E-state index is -0.894. The predicted molar refractivity (Wildman–Crippen MR) is 64.1 cm³/mol. The second kappa shape index (κ2) is 4.59. The van der Waals surface area contributed by atoms with Gasteiger partial charge in [-0.2, -0.15) is 0 Å². The molecule has 2 unspecified atom stereocenters. The molecule has 0 aliphatic heterocycles. The summed E-state index contributed by atoms with van der Waals surface area (Å²) in [6.45, 7) is 0. The number of carbonyl (C=O) groups is 1. The summed E-state index contributed by atoms with van der Waals surface area (Å²) >= 11 is 0. The average Bonchev–Trinajstić information content (AvgIpc) is 2.66. The number of nitrogens with zero attached hydrogens (tertiary/aromatic N) is 1. The maximum absolute atomic E-state index is 12.0. The largest absolute Gasteiger partial charge is 0.391 e. The van der Waals surface area contributed by atoms with Gasteiger partial charge in [0.25, 0.3) is 5.69 Å². The average molecular weight is 245 g/mol. The van der Waals surface area contributed by atoms with Crippen molar-refractivity contribution < 1.29 is 14.8 Å². The maximum atomic E-state index is 12.0. The van der Waals surface area contributed by atoms with Crippen molar-refractivity contribution in [1.29, 1.82) is 0 Å². The van der Waals surface area contributed by atoms with Crippen LogP contribution in [0.1, 0.15) is 22.3 Å². The molecule has 0 saturated carbocycles. The number of aliphatic hydroxyl groups excluding tert-OH is 1. The molecule has 2 atom stereocenters. The van der Waals surface area contributed by atoms with E-state index in [0.29, 0.717) is 17.5 Å². The molecule has 0 aromatic heterocycles. The first kappa shape index (κ1) is 12.3. The van der Waals surface area contributed by atoms with Gasteiger partial charge in [-0.05, 0) is 18.1 Å². The van der Waals surface area contributed by atoms with E-state index < -0.39 is 16.9 Å². The van der Waals surface area contributed by atoms with E-state index in [0.717, 1.165) is 0 Å². The van der Waals surface area contributed by atoms with Crippen molar-refractivity contribution in [3.63, 3.8) is 0 Å². The molecule has 18 heavy (non-hydrogen) atoms. The molecule has 0 heterocycles. The highest BCUT2D eigenvalue weighted by Gasteiger charge is 2.35. The van der Waals surface area contributed by atoms with Crippen LogP contribution in [0.3, 0.4) is 0 Å². The first-order valence-electron chi connectivity index (χ1n) is 5.47. The highest BCUT2D eigenvalue weighted by Crippen LogP contribution is 2.32. The summed E-state index contributed by atoms with van der Waals surface area (Å²) in [5, 5.41) is 20.4. The minimum absolute atomic E-state index is 0.0476. The molecule has 1 aromatic carbocycles. The van der Waals surface area contributed by atoms with Crippen molar-refractivity contribution in [3.8, 4) is 12.3 Å². The van der Waals surface area contributed by atoms with Gasteiger partial charge in [0.2, 0.25) is 0 Å². The zero-order valence-corrected chi connectivity index (χ0v) is 9.50. The van der Waals surface area contributed by atoms with Crippen LogP contribution in [0.15, 0.2) is 18.2 Å². The van der Waals surface area contributed by atoms with Gasteiger partial charge >= 0.3 is 0 Å². The van der Waals surface area contributed by atoms with Gasteiger partial charge in [0, 0.05) is 24.1 Å². The van der Waals surface area contributed by atoms with E-state index in [1.54, 1.807) is 0 Å². The quantitative estimate of drug-likeness (QED) is 0.495. The van der Waals surface area contributed by atoms with Crippen LogP contribution in [0.5, 0.6) is 0 Å². The molecule has 0 fully saturated rings. The third kappa shape index (κ3) is 1.98. The Balaban J connectivity index is 2.30. The lowest BCUT2D eigenvalue weighted by atomic mass is 9.96. The van der Waals surface area contributed by atoms with E-state index in [1.807, 2.05) is 0 Å². The van der Waals surface area contributed by atoms with E-state index in [1.165, 1.54) is 18.2 Å². The predicted octanol–water partition coefficient (Wildman–Crippen LogP) is 1.33. The van der Waals surface area contributed by atoms with Gasteiger partial charge in [-0.3, -0.25) is 14.9 Å². The number of terminal acetylenes is 1. The molecular formula is C13H11NO4. The molecule has 2 rings (SSSR count). The minimum Gasteiger partial charge on any atom is -0.391 e. The SMILES string of the molecule is C#CCC(O)C1Cc2cc([N+](=O)[O-])ccc2C1=O. The molecule has 5 nitrogen and oxygen atoms in total. The Kier molecular flexibility index (Phi) is 3.13.